The average molecular weight is 378 g/mol. The van der Waals surface area contributed by atoms with Crippen molar-refractivity contribution < 1.29 is 24.2 Å². The van der Waals surface area contributed by atoms with Crippen molar-refractivity contribution in [2.45, 2.75) is 44.6 Å². The molecular weight excluding hydrogens is 348 g/mol. The summed E-state index contributed by atoms with van der Waals surface area (Å²) in [5.74, 6) is -0.0630. The molecule has 150 valence electrons. The van der Waals surface area contributed by atoms with E-state index >= 15 is 0 Å². The number of carbonyl (C=O) groups excluding carboxylic acids is 1. The Morgan fingerprint density at radius 2 is 1.85 bits per heavy atom. The lowest BCUT2D eigenvalue weighted by atomic mass is 9.74. The number of carboxylic acids is 1. The van der Waals surface area contributed by atoms with E-state index in [1.54, 1.807) is 7.11 Å². The van der Waals surface area contributed by atoms with Crippen molar-refractivity contribution in [3.63, 3.8) is 0 Å². The highest BCUT2D eigenvalue weighted by Gasteiger charge is 2.35. The number of urea groups is 1. The first-order valence-electron chi connectivity index (χ1n) is 9.36. The second-order valence-electron chi connectivity index (χ2n) is 7.47. The van der Waals surface area contributed by atoms with Crippen LogP contribution in [-0.2, 0) is 14.9 Å². The molecular formula is C20H30N2O5. The predicted octanol–water partition coefficient (Wildman–Crippen LogP) is 2.54. The van der Waals surface area contributed by atoms with Crippen molar-refractivity contribution >= 4 is 12.0 Å². The molecule has 0 radical (unpaired) electrons. The molecule has 1 aliphatic heterocycles. The molecule has 0 saturated carbocycles. The van der Waals surface area contributed by atoms with Crippen LogP contribution in [0.4, 0.5) is 4.79 Å². The Morgan fingerprint density at radius 3 is 2.37 bits per heavy atom. The van der Waals surface area contributed by atoms with Crippen LogP contribution in [0, 0.1) is 5.92 Å². The molecule has 1 atom stereocenters. The van der Waals surface area contributed by atoms with Crippen LogP contribution in [0.25, 0.3) is 0 Å². The number of amides is 2. The molecule has 2 rings (SSSR count). The topological polar surface area (TPSA) is 96.9 Å². The number of nitrogens with one attached hydrogen (secondary N) is 2. The second-order valence-corrected chi connectivity index (χ2v) is 7.47. The van der Waals surface area contributed by atoms with Crippen molar-refractivity contribution in [1.82, 2.24) is 10.6 Å². The van der Waals surface area contributed by atoms with Gasteiger partial charge in [0.05, 0.1) is 7.11 Å². The lowest BCUT2D eigenvalue weighted by Gasteiger charge is -2.38. The van der Waals surface area contributed by atoms with E-state index in [2.05, 4.69) is 10.6 Å². The summed E-state index contributed by atoms with van der Waals surface area (Å²) >= 11 is 0. The first kappa shape index (κ1) is 21.0. The van der Waals surface area contributed by atoms with Gasteiger partial charge in [-0.2, -0.15) is 0 Å². The number of aliphatic carboxylic acids is 1. The Morgan fingerprint density at radius 1 is 1.22 bits per heavy atom. The van der Waals surface area contributed by atoms with E-state index in [-0.39, 0.29) is 11.3 Å². The predicted molar refractivity (Wildman–Crippen MR) is 102 cm³/mol. The van der Waals surface area contributed by atoms with E-state index in [1.165, 1.54) is 0 Å². The molecule has 2 amide bonds. The second kappa shape index (κ2) is 9.60. The number of ether oxygens (including phenoxy) is 2. The van der Waals surface area contributed by atoms with Crippen molar-refractivity contribution in [3.8, 4) is 5.75 Å². The molecule has 1 aromatic rings. The fraction of sp³-hybridized carbons (Fsp3) is 0.600. The maximum Gasteiger partial charge on any atom is 0.326 e. The van der Waals surface area contributed by atoms with Crippen LogP contribution >= 0.6 is 0 Å². The highest BCUT2D eigenvalue weighted by atomic mass is 16.5. The highest BCUT2D eigenvalue weighted by Crippen LogP contribution is 2.35. The average Bonchev–Trinajstić information content (AvgIpc) is 2.66. The summed E-state index contributed by atoms with van der Waals surface area (Å²) in [7, 11) is 1.63. The zero-order valence-corrected chi connectivity index (χ0v) is 16.3. The van der Waals surface area contributed by atoms with Gasteiger partial charge in [0.1, 0.15) is 11.8 Å². The first-order valence-corrected chi connectivity index (χ1v) is 9.36. The summed E-state index contributed by atoms with van der Waals surface area (Å²) in [6.07, 6.45) is 1.96. The Kier molecular flexibility index (Phi) is 7.47. The highest BCUT2D eigenvalue weighted by molar-refractivity contribution is 5.82. The fourth-order valence-corrected chi connectivity index (χ4v) is 3.43. The summed E-state index contributed by atoms with van der Waals surface area (Å²) in [5, 5.41) is 14.7. The molecule has 0 bridgehead atoms. The van der Waals surface area contributed by atoms with Gasteiger partial charge >= 0.3 is 12.0 Å². The quantitative estimate of drug-likeness (QED) is 0.646. The number of benzene rings is 1. The third kappa shape index (κ3) is 5.85. The van der Waals surface area contributed by atoms with E-state index in [9.17, 15) is 14.7 Å². The largest absolute Gasteiger partial charge is 0.497 e. The van der Waals surface area contributed by atoms with Crippen LogP contribution in [0.5, 0.6) is 5.75 Å². The molecule has 1 unspecified atom stereocenters. The minimum atomic E-state index is -1.02. The lowest BCUT2D eigenvalue weighted by Crippen LogP contribution is -2.51. The van der Waals surface area contributed by atoms with E-state index < -0.39 is 18.0 Å². The number of methoxy groups -OCH3 is 1. The van der Waals surface area contributed by atoms with Gasteiger partial charge < -0.3 is 25.2 Å². The van der Waals surface area contributed by atoms with Crippen LogP contribution in [0.3, 0.4) is 0 Å². The SMILES string of the molecule is COc1ccc(C2(CNC(=O)NC(CC(C)C)C(=O)O)CCOCC2)cc1. The molecule has 0 aliphatic carbocycles. The summed E-state index contributed by atoms with van der Waals surface area (Å²) in [6, 6.07) is 6.51. The Hall–Kier alpha value is -2.28. The minimum absolute atomic E-state index is 0.174. The summed E-state index contributed by atoms with van der Waals surface area (Å²) < 4.78 is 10.7. The van der Waals surface area contributed by atoms with Crippen LogP contribution < -0.4 is 15.4 Å². The molecule has 3 N–H and O–H groups in total. The van der Waals surface area contributed by atoms with Gasteiger partial charge in [-0.3, -0.25) is 0 Å². The molecule has 0 aromatic heterocycles. The summed E-state index contributed by atoms with van der Waals surface area (Å²) in [6.45, 7) is 5.52. The smallest absolute Gasteiger partial charge is 0.326 e. The molecule has 1 fully saturated rings. The van der Waals surface area contributed by atoms with E-state index in [0.717, 1.165) is 24.2 Å². The van der Waals surface area contributed by atoms with Crippen LogP contribution in [0.15, 0.2) is 24.3 Å². The van der Waals surface area contributed by atoms with Crippen molar-refractivity contribution in [1.29, 1.82) is 0 Å². The zero-order chi connectivity index (χ0) is 19.9. The van der Waals surface area contributed by atoms with Gasteiger partial charge in [-0.05, 0) is 42.9 Å². The van der Waals surface area contributed by atoms with Crippen molar-refractivity contribution in [3.05, 3.63) is 29.8 Å². The number of rotatable bonds is 8. The van der Waals surface area contributed by atoms with Gasteiger partial charge in [0.25, 0.3) is 0 Å². The number of hydrogen-bond acceptors (Lipinski definition) is 4. The van der Waals surface area contributed by atoms with Crippen LogP contribution in [0.1, 0.15) is 38.7 Å². The van der Waals surface area contributed by atoms with Crippen molar-refractivity contribution in [2.24, 2.45) is 5.92 Å². The molecule has 27 heavy (non-hydrogen) atoms. The Bertz CT molecular complexity index is 624. The van der Waals surface area contributed by atoms with Crippen LogP contribution in [-0.4, -0.2) is 50.0 Å². The molecule has 1 saturated heterocycles. The van der Waals surface area contributed by atoms with E-state index in [1.807, 2.05) is 38.1 Å². The van der Waals surface area contributed by atoms with E-state index in [0.29, 0.717) is 26.2 Å². The third-order valence-electron chi connectivity index (χ3n) is 5.05. The minimum Gasteiger partial charge on any atom is -0.497 e. The fourth-order valence-electron chi connectivity index (χ4n) is 3.43. The Balaban J connectivity index is 2.05. The number of hydrogen-bond donors (Lipinski definition) is 3. The normalized spacial score (nSPS) is 17.2. The third-order valence-corrected chi connectivity index (χ3v) is 5.05. The maximum atomic E-state index is 12.3. The summed E-state index contributed by atoms with van der Waals surface area (Å²) in [5.41, 5.74) is 0.877. The molecule has 0 spiro atoms. The van der Waals surface area contributed by atoms with Gasteiger partial charge in [-0.1, -0.05) is 26.0 Å². The van der Waals surface area contributed by atoms with Gasteiger partial charge in [0.15, 0.2) is 0 Å². The van der Waals surface area contributed by atoms with Crippen LogP contribution in [0.2, 0.25) is 0 Å². The molecule has 7 heteroatoms. The monoisotopic (exact) mass is 378 g/mol. The number of carbonyl (C=O) groups is 2. The van der Waals surface area contributed by atoms with Gasteiger partial charge in [-0.15, -0.1) is 0 Å². The first-order chi connectivity index (χ1) is 12.9. The Labute approximate surface area is 160 Å². The van der Waals surface area contributed by atoms with Crippen molar-refractivity contribution in [2.75, 3.05) is 26.9 Å². The zero-order valence-electron chi connectivity index (χ0n) is 16.3. The molecule has 1 heterocycles. The van der Waals surface area contributed by atoms with Gasteiger partial charge in [-0.25, -0.2) is 9.59 Å². The number of carboxylic acid groups (broad SMARTS) is 1. The van der Waals surface area contributed by atoms with E-state index in [4.69, 9.17) is 9.47 Å². The summed E-state index contributed by atoms with van der Waals surface area (Å²) in [4.78, 5) is 23.7. The maximum absolute atomic E-state index is 12.3. The molecule has 7 nitrogen and oxygen atoms in total. The standard InChI is InChI=1S/C20H30N2O5/c1-14(2)12-17(18(23)24)22-19(25)21-13-20(8-10-27-11-9-20)15-4-6-16(26-3)7-5-15/h4-7,14,17H,8-13H2,1-3H3,(H,23,24)(H2,21,22,25). The van der Waals surface area contributed by atoms with Gasteiger partial charge in [0, 0.05) is 25.2 Å². The van der Waals surface area contributed by atoms with Gasteiger partial charge in [0.2, 0.25) is 0 Å². The molecule has 1 aromatic carbocycles. The lowest BCUT2D eigenvalue weighted by molar-refractivity contribution is -0.139. The molecule has 1 aliphatic rings.